The third-order valence-electron chi connectivity index (χ3n) is 4.47. The molecule has 0 unspecified atom stereocenters. The molecule has 1 aromatic carbocycles. The molecule has 4 aromatic rings. The Morgan fingerprint density at radius 3 is 2.46 bits per heavy atom. The fraction of sp³-hybridized carbons (Fsp3) is 0.182. The Morgan fingerprint density at radius 1 is 1.00 bits per heavy atom. The van der Waals surface area contributed by atoms with Crippen LogP contribution in [-0.4, -0.2) is 26.4 Å². The summed E-state index contributed by atoms with van der Waals surface area (Å²) in [7, 11) is 0. The first-order valence-corrected chi connectivity index (χ1v) is 9.14. The van der Waals surface area contributed by atoms with Crippen molar-refractivity contribution >= 4 is 11.0 Å². The third-order valence-corrected chi connectivity index (χ3v) is 4.47. The van der Waals surface area contributed by atoms with E-state index in [9.17, 15) is 4.79 Å². The number of hydrogen-bond donors (Lipinski definition) is 0. The molecule has 0 saturated heterocycles. The highest BCUT2D eigenvalue weighted by molar-refractivity contribution is 5.90. The number of benzene rings is 1. The van der Waals surface area contributed by atoms with E-state index in [0.29, 0.717) is 40.3 Å². The minimum atomic E-state index is -0.247. The Labute approximate surface area is 162 Å². The van der Waals surface area contributed by atoms with Crippen LogP contribution >= 0.6 is 0 Å². The maximum Gasteiger partial charge on any atom is 0.281 e. The van der Waals surface area contributed by atoms with E-state index in [1.807, 2.05) is 63.2 Å². The van der Waals surface area contributed by atoms with Gasteiger partial charge in [0.2, 0.25) is 5.88 Å². The maximum absolute atomic E-state index is 13.4. The molecule has 0 fully saturated rings. The molecule has 0 aliphatic rings. The molecule has 0 saturated carbocycles. The number of pyridine rings is 2. The van der Waals surface area contributed by atoms with Gasteiger partial charge in [0.1, 0.15) is 11.0 Å². The Kier molecular flexibility index (Phi) is 4.61. The molecule has 0 aliphatic heterocycles. The lowest BCUT2D eigenvalue weighted by atomic mass is 10.1. The summed E-state index contributed by atoms with van der Waals surface area (Å²) in [5.41, 5.74) is 4.72. The van der Waals surface area contributed by atoms with Gasteiger partial charge in [0.15, 0.2) is 0 Å². The van der Waals surface area contributed by atoms with E-state index in [0.717, 1.165) is 11.3 Å². The molecular weight excluding hydrogens is 352 g/mol. The van der Waals surface area contributed by atoms with E-state index in [-0.39, 0.29) is 5.56 Å². The van der Waals surface area contributed by atoms with Crippen LogP contribution in [0.15, 0.2) is 59.5 Å². The first kappa shape index (κ1) is 17.9. The standard InChI is InChI=1S/C22H20N4O2/c1-4-28-19-12-11-18-21(24-19)20(16-8-7-15(3)23-13-16)22(27)26(25-18)17-9-5-14(2)6-10-17/h5-13H,4H2,1-3H3. The smallest absolute Gasteiger partial charge is 0.281 e. The van der Waals surface area contributed by atoms with E-state index in [1.54, 1.807) is 12.3 Å². The van der Waals surface area contributed by atoms with Gasteiger partial charge in [-0.2, -0.15) is 9.78 Å². The number of ether oxygens (including phenoxy) is 1. The van der Waals surface area contributed by atoms with Crippen LogP contribution in [0.5, 0.6) is 5.88 Å². The molecule has 0 radical (unpaired) electrons. The number of hydrogen-bond acceptors (Lipinski definition) is 5. The number of rotatable bonds is 4. The third kappa shape index (κ3) is 3.24. The summed E-state index contributed by atoms with van der Waals surface area (Å²) in [6, 6.07) is 15.0. The van der Waals surface area contributed by atoms with Crippen molar-refractivity contribution in [2.24, 2.45) is 0 Å². The SMILES string of the molecule is CCOc1ccc2nn(-c3ccc(C)cc3)c(=O)c(-c3ccc(C)nc3)c2n1. The molecule has 0 N–H and O–H groups in total. The first-order chi connectivity index (χ1) is 13.6. The van der Waals surface area contributed by atoms with Crippen LogP contribution in [0.4, 0.5) is 0 Å². The summed E-state index contributed by atoms with van der Waals surface area (Å²) < 4.78 is 6.94. The summed E-state index contributed by atoms with van der Waals surface area (Å²) in [5, 5.41) is 4.55. The largest absolute Gasteiger partial charge is 0.478 e. The minimum absolute atomic E-state index is 0.247. The number of aromatic nitrogens is 4. The van der Waals surface area contributed by atoms with Crippen molar-refractivity contribution in [1.82, 2.24) is 19.7 Å². The molecule has 0 spiro atoms. The van der Waals surface area contributed by atoms with Gasteiger partial charge in [-0.25, -0.2) is 4.98 Å². The number of nitrogens with zero attached hydrogens (tertiary/aromatic N) is 4. The molecule has 3 aromatic heterocycles. The van der Waals surface area contributed by atoms with E-state index in [2.05, 4.69) is 15.1 Å². The van der Waals surface area contributed by atoms with Crippen LogP contribution in [0, 0.1) is 13.8 Å². The van der Waals surface area contributed by atoms with Gasteiger partial charge in [0, 0.05) is 23.5 Å². The van der Waals surface area contributed by atoms with Crippen molar-refractivity contribution in [2.45, 2.75) is 20.8 Å². The zero-order valence-corrected chi connectivity index (χ0v) is 16.0. The molecule has 28 heavy (non-hydrogen) atoms. The van der Waals surface area contributed by atoms with E-state index >= 15 is 0 Å². The summed E-state index contributed by atoms with van der Waals surface area (Å²) >= 11 is 0. The quantitative estimate of drug-likeness (QED) is 0.544. The Morgan fingerprint density at radius 2 is 1.79 bits per heavy atom. The first-order valence-electron chi connectivity index (χ1n) is 9.14. The molecule has 140 valence electrons. The van der Waals surface area contributed by atoms with Gasteiger partial charge < -0.3 is 4.74 Å². The highest BCUT2D eigenvalue weighted by atomic mass is 16.5. The van der Waals surface area contributed by atoms with Crippen molar-refractivity contribution in [3.8, 4) is 22.7 Å². The number of fused-ring (bicyclic) bond motifs is 1. The molecule has 4 rings (SSSR count). The maximum atomic E-state index is 13.4. The predicted molar refractivity (Wildman–Crippen MR) is 109 cm³/mol. The summed E-state index contributed by atoms with van der Waals surface area (Å²) in [6.07, 6.45) is 1.69. The zero-order valence-electron chi connectivity index (χ0n) is 16.0. The van der Waals surface area contributed by atoms with E-state index in [4.69, 9.17) is 4.74 Å². The molecular formula is C22H20N4O2. The van der Waals surface area contributed by atoms with Crippen LogP contribution in [0.25, 0.3) is 27.8 Å². The Bertz CT molecular complexity index is 1200. The second kappa shape index (κ2) is 7.23. The average molecular weight is 372 g/mol. The van der Waals surface area contributed by atoms with Crippen LogP contribution in [0.1, 0.15) is 18.2 Å². The van der Waals surface area contributed by atoms with E-state index in [1.165, 1.54) is 4.68 Å². The van der Waals surface area contributed by atoms with Crippen LogP contribution in [-0.2, 0) is 0 Å². The second-order valence-electron chi connectivity index (χ2n) is 6.57. The summed E-state index contributed by atoms with van der Waals surface area (Å²) in [6.45, 7) is 6.30. The zero-order chi connectivity index (χ0) is 19.7. The van der Waals surface area contributed by atoms with Gasteiger partial charge in [-0.3, -0.25) is 9.78 Å². The molecule has 3 heterocycles. The lowest BCUT2D eigenvalue weighted by Gasteiger charge is -2.12. The van der Waals surface area contributed by atoms with Crippen LogP contribution in [0.3, 0.4) is 0 Å². The molecule has 6 nitrogen and oxygen atoms in total. The molecule has 0 bridgehead atoms. The van der Waals surface area contributed by atoms with Crippen molar-refractivity contribution in [2.75, 3.05) is 6.61 Å². The van der Waals surface area contributed by atoms with Crippen molar-refractivity contribution in [1.29, 1.82) is 0 Å². The molecule has 0 atom stereocenters. The highest BCUT2D eigenvalue weighted by Gasteiger charge is 2.17. The number of aryl methyl sites for hydroxylation is 2. The summed E-state index contributed by atoms with van der Waals surface area (Å²) in [5.74, 6) is 0.464. The fourth-order valence-corrected chi connectivity index (χ4v) is 3.02. The predicted octanol–water partition coefficient (Wildman–Crippen LogP) is 3.86. The van der Waals surface area contributed by atoms with Crippen LogP contribution in [0.2, 0.25) is 0 Å². The van der Waals surface area contributed by atoms with Gasteiger partial charge in [-0.05, 0) is 45.0 Å². The molecule has 6 heteroatoms. The Balaban J connectivity index is 2.04. The summed E-state index contributed by atoms with van der Waals surface area (Å²) in [4.78, 5) is 22.3. The van der Waals surface area contributed by atoms with Gasteiger partial charge in [0.25, 0.3) is 5.56 Å². The normalized spacial score (nSPS) is 11.0. The molecule has 0 amide bonds. The van der Waals surface area contributed by atoms with Crippen molar-refractivity contribution in [3.05, 3.63) is 76.3 Å². The topological polar surface area (TPSA) is 69.9 Å². The van der Waals surface area contributed by atoms with E-state index < -0.39 is 0 Å². The van der Waals surface area contributed by atoms with Gasteiger partial charge in [-0.1, -0.05) is 23.8 Å². The average Bonchev–Trinajstić information content (AvgIpc) is 2.70. The monoisotopic (exact) mass is 372 g/mol. The minimum Gasteiger partial charge on any atom is -0.478 e. The highest BCUT2D eigenvalue weighted by Crippen LogP contribution is 2.25. The van der Waals surface area contributed by atoms with Crippen molar-refractivity contribution in [3.63, 3.8) is 0 Å². The Hall–Kier alpha value is -3.54. The second-order valence-corrected chi connectivity index (χ2v) is 6.57. The fourth-order valence-electron chi connectivity index (χ4n) is 3.02. The lowest BCUT2D eigenvalue weighted by Crippen LogP contribution is -2.23. The van der Waals surface area contributed by atoms with Gasteiger partial charge >= 0.3 is 0 Å². The molecule has 0 aliphatic carbocycles. The van der Waals surface area contributed by atoms with Crippen molar-refractivity contribution < 1.29 is 4.74 Å². The van der Waals surface area contributed by atoms with Gasteiger partial charge in [0.05, 0.1) is 17.9 Å². The lowest BCUT2D eigenvalue weighted by molar-refractivity contribution is 0.328. The van der Waals surface area contributed by atoms with Crippen LogP contribution < -0.4 is 10.3 Å². The van der Waals surface area contributed by atoms with Gasteiger partial charge in [-0.15, -0.1) is 0 Å².